The minimum Gasteiger partial charge on any atom is -0.481 e. The van der Waals surface area contributed by atoms with Crippen molar-refractivity contribution >= 4 is 11.9 Å². The molecule has 1 saturated carbocycles. The van der Waals surface area contributed by atoms with Crippen LogP contribution in [0.25, 0.3) is 0 Å². The summed E-state index contributed by atoms with van der Waals surface area (Å²) < 4.78 is 26.2. The molecule has 1 amide bonds. The lowest BCUT2D eigenvalue weighted by Crippen LogP contribution is -2.39. The maximum Gasteiger partial charge on any atom is 0.311 e. The molecule has 1 heterocycles. The first-order valence-corrected chi connectivity index (χ1v) is 8.06. The Balaban J connectivity index is 1.54. The predicted octanol–water partition coefficient (Wildman–Crippen LogP) is 1.77. The Kier molecular flexibility index (Phi) is 4.54. The van der Waals surface area contributed by atoms with Gasteiger partial charge in [-0.1, -0.05) is 6.42 Å². The number of hydrogen-bond donors (Lipinski definition) is 2. The van der Waals surface area contributed by atoms with Gasteiger partial charge in [-0.25, -0.2) is 8.78 Å². The third-order valence-corrected chi connectivity index (χ3v) is 5.15. The van der Waals surface area contributed by atoms with Gasteiger partial charge in [0, 0.05) is 25.7 Å². The Morgan fingerprint density at radius 2 is 2.00 bits per heavy atom. The molecule has 0 aromatic heterocycles. The SMILES string of the molecule is O=C(CN1C[C@@H]2CCC[C@@]2(C(=O)O)C1)NCc1cc(F)cc(F)c1. The number of nitrogens with zero attached hydrogens (tertiary/aromatic N) is 1. The van der Waals surface area contributed by atoms with E-state index >= 15 is 0 Å². The highest BCUT2D eigenvalue weighted by molar-refractivity contribution is 5.79. The monoisotopic (exact) mass is 338 g/mol. The van der Waals surface area contributed by atoms with Crippen molar-refractivity contribution in [3.8, 4) is 0 Å². The van der Waals surface area contributed by atoms with E-state index < -0.39 is 23.0 Å². The van der Waals surface area contributed by atoms with Gasteiger partial charge in [0.05, 0.1) is 12.0 Å². The van der Waals surface area contributed by atoms with Crippen LogP contribution in [0.3, 0.4) is 0 Å². The number of benzene rings is 1. The van der Waals surface area contributed by atoms with Crippen LogP contribution in [-0.2, 0) is 16.1 Å². The molecule has 0 unspecified atom stereocenters. The molecule has 2 aliphatic rings. The van der Waals surface area contributed by atoms with Crippen LogP contribution in [-0.4, -0.2) is 41.5 Å². The summed E-state index contributed by atoms with van der Waals surface area (Å²) in [7, 11) is 0. The summed E-state index contributed by atoms with van der Waals surface area (Å²) in [6.45, 7) is 1.13. The highest BCUT2D eigenvalue weighted by atomic mass is 19.1. The zero-order chi connectivity index (χ0) is 17.3. The Labute approximate surface area is 138 Å². The number of hydrogen-bond acceptors (Lipinski definition) is 3. The molecule has 130 valence electrons. The van der Waals surface area contributed by atoms with Gasteiger partial charge in [-0.3, -0.25) is 14.5 Å². The molecular weight excluding hydrogens is 318 g/mol. The van der Waals surface area contributed by atoms with Crippen molar-refractivity contribution in [3.05, 3.63) is 35.4 Å². The van der Waals surface area contributed by atoms with E-state index in [1.807, 2.05) is 4.90 Å². The third kappa shape index (κ3) is 3.26. The molecule has 1 aliphatic heterocycles. The lowest BCUT2D eigenvalue weighted by atomic mass is 9.81. The van der Waals surface area contributed by atoms with E-state index in [1.165, 1.54) is 12.1 Å². The van der Waals surface area contributed by atoms with Crippen molar-refractivity contribution in [3.63, 3.8) is 0 Å². The van der Waals surface area contributed by atoms with E-state index in [4.69, 9.17) is 0 Å². The Hall–Kier alpha value is -2.02. The Morgan fingerprint density at radius 3 is 2.62 bits per heavy atom. The number of carboxylic acids is 1. The standard InChI is InChI=1S/C17H20F2N2O3/c18-13-4-11(5-14(19)6-13)7-20-15(22)9-21-8-12-2-1-3-17(12,10-21)16(23)24/h4-6,12H,1-3,7-10H2,(H,20,22)(H,23,24)/t12-,17+/m0/s1. The smallest absolute Gasteiger partial charge is 0.311 e. The molecule has 2 fully saturated rings. The van der Waals surface area contributed by atoms with Crippen LogP contribution in [0.5, 0.6) is 0 Å². The molecule has 2 atom stereocenters. The fourth-order valence-corrected chi connectivity index (χ4v) is 4.04. The minimum atomic E-state index is -0.775. The number of nitrogens with one attached hydrogen (secondary N) is 1. The van der Waals surface area contributed by atoms with Crippen molar-refractivity contribution in [1.82, 2.24) is 10.2 Å². The molecule has 1 aromatic carbocycles. The van der Waals surface area contributed by atoms with E-state index in [9.17, 15) is 23.5 Å². The fraction of sp³-hybridized carbons (Fsp3) is 0.529. The molecule has 0 radical (unpaired) electrons. The van der Waals surface area contributed by atoms with E-state index in [2.05, 4.69) is 5.32 Å². The summed E-state index contributed by atoms with van der Waals surface area (Å²) in [5.41, 5.74) is -0.368. The largest absolute Gasteiger partial charge is 0.481 e. The number of likely N-dealkylation sites (tertiary alicyclic amines) is 1. The minimum absolute atomic E-state index is 0.0366. The van der Waals surface area contributed by atoms with Crippen LogP contribution in [0.15, 0.2) is 18.2 Å². The number of carbonyl (C=O) groups is 2. The lowest BCUT2D eigenvalue weighted by molar-refractivity contribution is -0.149. The quantitative estimate of drug-likeness (QED) is 0.858. The number of fused-ring (bicyclic) bond motifs is 1. The molecule has 2 N–H and O–H groups in total. The molecule has 1 aliphatic carbocycles. The number of carboxylic acid groups (broad SMARTS) is 1. The van der Waals surface area contributed by atoms with Crippen LogP contribution in [0.4, 0.5) is 8.78 Å². The summed E-state index contributed by atoms with van der Waals surface area (Å²) in [5, 5.41) is 12.2. The molecule has 0 spiro atoms. The summed E-state index contributed by atoms with van der Waals surface area (Å²) >= 11 is 0. The second-order valence-electron chi connectivity index (χ2n) is 6.77. The number of rotatable bonds is 5. The van der Waals surface area contributed by atoms with E-state index in [0.717, 1.165) is 18.9 Å². The van der Waals surface area contributed by atoms with Crippen molar-refractivity contribution < 1.29 is 23.5 Å². The van der Waals surface area contributed by atoms with Gasteiger partial charge in [-0.15, -0.1) is 0 Å². The van der Waals surface area contributed by atoms with Gasteiger partial charge < -0.3 is 10.4 Å². The van der Waals surface area contributed by atoms with Crippen LogP contribution < -0.4 is 5.32 Å². The van der Waals surface area contributed by atoms with Gasteiger partial charge in [0.25, 0.3) is 0 Å². The lowest BCUT2D eigenvalue weighted by Gasteiger charge is -2.23. The van der Waals surface area contributed by atoms with Gasteiger partial charge in [0.1, 0.15) is 11.6 Å². The van der Waals surface area contributed by atoms with Crippen molar-refractivity contribution in [2.24, 2.45) is 11.3 Å². The molecule has 1 saturated heterocycles. The second-order valence-corrected chi connectivity index (χ2v) is 6.77. The summed E-state index contributed by atoms with van der Waals surface area (Å²) in [5.74, 6) is -2.33. The first-order valence-electron chi connectivity index (χ1n) is 8.06. The Bertz CT molecular complexity index is 647. The normalized spacial score (nSPS) is 26.3. The van der Waals surface area contributed by atoms with Gasteiger partial charge in [-0.05, 0) is 36.5 Å². The summed E-state index contributed by atoms with van der Waals surface area (Å²) in [6, 6.07) is 3.12. The van der Waals surface area contributed by atoms with Gasteiger partial charge in [0.15, 0.2) is 0 Å². The third-order valence-electron chi connectivity index (χ3n) is 5.15. The molecular formula is C17H20F2N2O3. The molecule has 7 heteroatoms. The van der Waals surface area contributed by atoms with Crippen molar-refractivity contribution in [2.75, 3.05) is 19.6 Å². The van der Waals surface area contributed by atoms with Crippen LogP contribution in [0, 0.1) is 23.0 Å². The summed E-state index contributed by atoms with van der Waals surface area (Å²) in [4.78, 5) is 25.5. The average Bonchev–Trinajstić information content (AvgIpc) is 3.02. The van der Waals surface area contributed by atoms with Crippen LogP contribution >= 0.6 is 0 Å². The van der Waals surface area contributed by atoms with E-state index in [0.29, 0.717) is 25.1 Å². The van der Waals surface area contributed by atoms with Gasteiger partial charge in [-0.2, -0.15) is 0 Å². The first-order chi connectivity index (χ1) is 11.4. The van der Waals surface area contributed by atoms with Gasteiger partial charge >= 0.3 is 5.97 Å². The van der Waals surface area contributed by atoms with Crippen molar-refractivity contribution in [2.45, 2.75) is 25.8 Å². The van der Waals surface area contributed by atoms with Crippen LogP contribution in [0.1, 0.15) is 24.8 Å². The van der Waals surface area contributed by atoms with E-state index in [-0.39, 0.29) is 24.9 Å². The molecule has 24 heavy (non-hydrogen) atoms. The maximum absolute atomic E-state index is 13.1. The molecule has 1 aromatic rings. The number of carbonyl (C=O) groups excluding carboxylic acids is 1. The molecule has 3 rings (SSSR count). The number of halogens is 2. The van der Waals surface area contributed by atoms with Crippen molar-refractivity contribution in [1.29, 1.82) is 0 Å². The fourth-order valence-electron chi connectivity index (χ4n) is 4.04. The second kappa shape index (κ2) is 6.47. The summed E-state index contributed by atoms with van der Waals surface area (Å²) in [6.07, 6.45) is 2.46. The molecule has 0 bridgehead atoms. The highest BCUT2D eigenvalue weighted by Gasteiger charge is 2.54. The molecule has 5 nitrogen and oxygen atoms in total. The first kappa shape index (κ1) is 16.8. The van der Waals surface area contributed by atoms with E-state index in [1.54, 1.807) is 0 Å². The maximum atomic E-state index is 13.1. The number of amides is 1. The van der Waals surface area contributed by atoms with Gasteiger partial charge in [0.2, 0.25) is 5.91 Å². The zero-order valence-electron chi connectivity index (χ0n) is 13.2. The zero-order valence-corrected chi connectivity index (χ0v) is 13.2. The predicted molar refractivity (Wildman–Crippen MR) is 82.1 cm³/mol. The Morgan fingerprint density at radius 1 is 1.29 bits per heavy atom. The average molecular weight is 338 g/mol. The topological polar surface area (TPSA) is 69.6 Å². The highest BCUT2D eigenvalue weighted by Crippen LogP contribution is 2.48. The van der Waals surface area contributed by atoms with Crippen LogP contribution in [0.2, 0.25) is 0 Å². The number of aliphatic carboxylic acids is 1.